The van der Waals surface area contributed by atoms with Gasteiger partial charge in [0.25, 0.3) is 0 Å². The molecule has 0 bridgehead atoms. The smallest absolute Gasteiger partial charge is 0.318 e. The molecule has 5 heteroatoms. The van der Waals surface area contributed by atoms with E-state index in [4.69, 9.17) is 5.73 Å². The monoisotopic (exact) mass is 257 g/mol. The van der Waals surface area contributed by atoms with Crippen LogP contribution in [-0.2, 0) is 4.79 Å². The maximum atomic E-state index is 11.3. The van der Waals surface area contributed by atoms with Crippen molar-refractivity contribution in [1.29, 1.82) is 0 Å². The molecule has 4 N–H and O–H groups in total. The molecule has 0 heterocycles. The molecule has 106 valence electrons. The van der Waals surface area contributed by atoms with E-state index in [1.807, 2.05) is 0 Å². The van der Waals surface area contributed by atoms with Gasteiger partial charge < -0.3 is 11.1 Å². The third-order valence-electron chi connectivity index (χ3n) is 2.80. The summed E-state index contributed by atoms with van der Waals surface area (Å²) in [7, 11) is 0. The van der Waals surface area contributed by atoms with E-state index < -0.39 is 6.03 Å². The molecular weight excluding hydrogens is 230 g/mol. The van der Waals surface area contributed by atoms with Crippen LogP contribution in [0.25, 0.3) is 0 Å². The molecule has 3 amide bonds. The predicted molar refractivity (Wildman–Crippen MR) is 73.1 cm³/mol. The number of nitrogens with two attached hydrogens (primary N) is 1. The number of urea groups is 1. The second kappa shape index (κ2) is 9.88. The van der Waals surface area contributed by atoms with Gasteiger partial charge in [-0.1, -0.05) is 39.5 Å². The van der Waals surface area contributed by atoms with E-state index in [-0.39, 0.29) is 11.9 Å². The lowest BCUT2D eigenvalue weighted by Gasteiger charge is -2.12. The summed E-state index contributed by atoms with van der Waals surface area (Å²) in [6.07, 6.45) is 6.01. The topological polar surface area (TPSA) is 84.2 Å². The van der Waals surface area contributed by atoms with Crippen LogP contribution in [0.5, 0.6) is 0 Å². The summed E-state index contributed by atoms with van der Waals surface area (Å²) < 4.78 is 0. The average Bonchev–Trinajstić information content (AvgIpc) is 2.26. The first kappa shape index (κ1) is 16.9. The third-order valence-corrected chi connectivity index (χ3v) is 2.80. The summed E-state index contributed by atoms with van der Waals surface area (Å²) in [6, 6.07) is -1.18. The molecule has 1 atom stereocenters. The first-order valence-electron chi connectivity index (χ1n) is 6.77. The quantitative estimate of drug-likeness (QED) is 0.550. The molecule has 0 aliphatic carbocycles. The highest BCUT2D eigenvalue weighted by atomic mass is 16.2. The van der Waals surface area contributed by atoms with E-state index in [9.17, 15) is 9.59 Å². The normalized spacial score (nSPS) is 12.4. The van der Waals surface area contributed by atoms with Gasteiger partial charge >= 0.3 is 6.03 Å². The fraction of sp³-hybridized carbons (Fsp3) is 0.846. The van der Waals surface area contributed by atoms with Crippen molar-refractivity contribution in [3.05, 3.63) is 0 Å². The number of imide groups is 1. The highest BCUT2D eigenvalue weighted by Gasteiger charge is 2.12. The number of unbranched alkanes of at least 4 members (excludes halogenated alkanes) is 3. The van der Waals surface area contributed by atoms with E-state index >= 15 is 0 Å². The van der Waals surface area contributed by atoms with Crippen molar-refractivity contribution in [2.24, 2.45) is 11.7 Å². The molecule has 1 unspecified atom stereocenters. The lowest BCUT2D eigenvalue weighted by atomic mass is 10.0. The molecule has 0 aromatic carbocycles. The SMILES string of the molecule is CC(C)CCCCCCNC(C)C(=O)NC(N)=O. The largest absolute Gasteiger partial charge is 0.351 e. The van der Waals surface area contributed by atoms with E-state index in [2.05, 4.69) is 24.5 Å². The molecule has 0 radical (unpaired) electrons. The molecule has 18 heavy (non-hydrogen) atoms. The van der Waals surface area contributed by atoms with Gasteiger partial charge in [0, 0.05) is 0 Å². The van der Waals surface area contributed by atoms with Crippen LogP contribution in [0, 0.1) is 5.92 Å². The van der Waals surface area contributed by atoms with Gasteiger partial charge in [0.2, 0.25) is 5.91 Å². The van der Waals surface area contributed by atoms with Crippen LogP contribution < -0.4 is 16.4 Å². The van der Waals surface area contributed by atoms with Crippen LogP contribution in [0.15, 0.2) is 0 Å². The maximum absolute atomic E-state index is 11.3. The first-order valence-corrected chi connectivity index (χ1v) is 6.77. The summed E-state index contributed by atoms with van der Waals surface area (Å²) >= 11 is 0. The molecule has 0 saturated heterocycles. The molecule has 5 nitrogen and oxygen atoms in total. The molecule has 0 spiro atoms. The number of rotatable bonds is 9. The molecule has 0 aliphatic heterocycles. The molecule has 0 saturated carbocycles. The summed E-state index contributed by atoms with van der Waals surface area (Å²) in [4.78, 5) is 21.8. The molecule has 0 aliphatic rings. The number of nitrogens with one attached hydrogen (secondary N) is 2. The first-order chi connectivity index (χ1) is 8.43. The van der Waals surface area contributed by atoms with Gasteiger partial charge in [-0.25, -0.2) is 4.79 Å². The second-order valence-electron chi connectivity index (χ2n) is 5.13. The Balaban J connectivity index is 3.43. The Labute approximate surface area is 110 Å². The van der Waals surface area contributed by atoms with Crippen molar-refractivity contribution in [3.63, 3.8) is 0 Å². The zero-order valence-electron chi connectivity index (χ0n) is 11.8. The van der Waals surface area contributed by atoms with Crippen molar-refractivity contribution in [1.82, 2.24) is 10.6 Å². The standard InChI is InChI=1S/C13H27N3O2/c1-10(2)8-6-4-5-7-9-15-11(3)12(17)16-13(14)18/h10-11,15H,4-9H2,1-3H3,(H3,14,16,17,18). The molecule has 0 rings (SSSR count). The van der Waals surface area contributed by atoms with Crippen LogP contribution in [0.3, 0.4) is 0 Å². The zero-order chi connectivity index (χ0) is 14.0. The van der Waals surface area contributed by atoms with Crippen molar-refractivity contribution < 1.29 is 9.59 Å². The van der Waals surface area contributed by atoms with Crippen molar-refractivity contribution in [3.8, 4) is 0 Å². The summed E-state index contributed by atoms with van der Waals surface area (Å²) in [5, 5.41) is 5.12. The second-order valence-corrected chi connectivity index (χ2v) is 5.13. The Morgan fingerprint density at radius 2 is 1.67 bits per heavy atom. The molecule has 0 aromatic rings. The van der Waals surface area contributed by atoms with Gasteiger partial charge in [0.05, 0.1) is 6.04 Å². The van der Waals surface area contributed by atoms with Crippen molar-refractivity contribution in [2.75, 3.05) is 6.54 Å². The van der Waals surface area contributed by atoms with Crippen molar-refractivity contribution >= 4 is 11.9 Å². The number of primary amides is 1. The van der Waals surface area contributed by atoms with Crippen LogP contribution in [0.1, 0.15) is 52.9 Å². The Hall–Kier alpha value is -1.10. The van der Waals surface area contributed by atoms with Gasteiger partial charge in [-0.15, -0.1) is 0 Å². The highest BCUT2D eigenvalue weighted by molar-refractivity contribution is 5.96. The number of carbonyl (C=O) groups is 2. The summed E-state index contributed by atoms with van der Waals surface area (Å²) in [5.74, 6) is 0.406. The third kappa shape index (κ3) is 10.1. The highest BCUT2D eigenvalue weighted by Crippen LogP contribution is 2.08. The fourth-order valence-corrected chi connectivity index (χ4v) is 1.67. The summed E-state index contributed by atoms with van der Waals surface area (Å²) in [5.41, 5.74) is 4.87. The van der Waals surface area contributed by atoms with Gasteiger partial charge in [-0.05, 0) is 25.8 Å². The van der Waals surface area contributed by atoms with Gasteiger partial charge in [-0.3, -0.25) is 10.1 Å². The lowest BCUT2D eigenvalue weighted by molar-refractivity contribution is -0.121. The maximum Gasteiger partial charge on any atom is 0.318 e. The van der Waals surface area contributed by atoms with Crippen molar-refractivity contribution in [2.45, 2.75) is 58.9 Å². The van der Waals surface area contributed by atoms with E-state index in [0.717, 1.165) is 18.9 Å². The van der Waals surface area contributed by atoms with Crippen LogP contribution >= 0.6 is 0 Å². The van der Waals surface area contributed by atoms with Gasteiger partial charge in [0.15, 0.2) is 0 Å². The Bertz CT molecular complexity index is 255. The Kier molecular flexibility index (Phi) is 9.28. The Morgan fingerprint density at radius 3 is 2.22 bits per heavy atom. The predicted octanol–water partition coefficient (Wildman–Crippen LogP) is 1.77. The van der Waals surface area contributed by atoms with Crippen LogP contribution in [0.2, 0.25) is 0 Å². The van der Waals surface area contributed by atoms with E-state index in [0.29, 0.717) is 0 Å². The molecule has 0 fully saturated rings. The minimum absolute atomic E-state index is 0.373. The number of amides is 3. The fourth-order valence-electron chi connectivity index (χ4n) is 1.67. The van der Waals surface area contributed by atoms with Gasteiger partial charge in [0.1, 0.15) is 0 Å². The number of hydrogen-bond acceptors (Lipinski definition) is 3. The lowest BCUT2D eigenvalue weighted by Crippen LogP contribution is -2.46. The van der Waals surface area contributed by atoms with Gasteiger partial charge in [-0.2, -0.15) is 0 Å². The molecule has 0 aromatic heterocycles. The van der Waals surface area contributed by atoms with E-state index in [1.165, 1.54) is 25.7 Å². The number of hydrogen-bond donors (Lipinski definition) is 3. The summed E-state index contributed by atoms with van der Waals surface area (Å²) in [6.45, 7) is 6.98. The average molecular weight is 257 g/mol. The minimum Gasteiger partial charge on any atom is -0.351 e. The number of carbonyl (C=O) groups excluding carboxylic acids is 2. The van der Waals surface area contributed by atoms with Crippen LogP contribution in [0.4, 0.5) is 4.79 Å². The van der Waals surface area contributed by atoms with E-state index in [1.54, 1.807) is 6.92 Å². The van der Waals surface area contributed by atoms with Crippen LogP contribution in [-0.4, -0.2) is 24.5 Å². The zero-order valence-corrected chi connectivity index (χ0v) is 11.8. The Morgan fingerprint density at radius 1 is 1.06 bits per heavy atom. The molecular formula is C13H27N3O2. The minimum atomic E-state index is -0.803.